The highest BCUT2D eigenvalue weighted by molar-refractivity contribution is 7.90. The van der Waals surface area contributed by atoms with E-state index in [-0.39, 0.29) is 5.75 Å². The van der Waals surface area contributed by atoms with Crippen molar-refractivity contribution in [3.8, 4) is 0 Å². The van der Waals surface area contributed by atoms with E-state index >= 15 is 0 Å². The summed E-state index contributed by atoms with van der Waals surface area (Å²) in [5.74, 6) is 0.309. The molecular formula is C5H8N2O2S2. The first kappa shape index (κ1) is 8.48. The van der Waals surface area contributed by atoms with Gasteiger partial charge in [-0.2, -0.15) is 0 Å². The predicted octanol–water partition coefficient (Wildman–Crippen LogP) is 0.270. The Kier molecular flexibility index (Phi) is 2.15. The van der Waals surface area contributed by atoms with Crippen LogP contribution in [0.2, 0.25) is 0 Å². The highest BCUT2D eigenvalue weighted by atomic mass is 32.2. The number of nitrogens with two attached hydrogens (primary N) is 1. The smallest absolute Gasteiger partial charge is 0.152 e. The summed E-state index contributed by atoms with van der Waals surface area (Å²) in [5.41, 5.74) is 6.92. The van der Waals surface area contributed by atoms with Crippen LogP contribution in [0.15, 0.2) is 5.51 Å². The topological polar surface area (TPSA) is 73.0 Å². The van der Waals surface area contributed by atoms with Crippen LogP contribution < -0.4 is 5.73 Å². The van der Waals surface area contributed by atoms with Crippen molar-refractivity contribution in [3.63, 3.8) is 0 Å². The number of hydrogen-bond acceptors (Lipinski definition) is 5. The number of nitrogen functional groups attached to an aromatic ring is 1. The molecule has 6 heteroatoms. The summed E-state index contributed by atoms with van der Waals surface area (Å²) in [6.45, 7) is 0. The molecule has 62 valence electrons. The van der Waals surface area contributed by atoms with Crippen molar-refractivity contribution in [1.29, 1.82) is 0 Å². The van der Waals surface area contributed by atoms with Crippen molar-refractivity contribution in [2.45, 2.75) is 5.75 Å². The highest BCUT2D eigenvalue weighted by Crippen LogP contribution is 2.17. The van der Waals surface area contributed by atoms with Crippen LogP contribution in [0.4, 0.5) is 5.82 Å². The first-order valence-electron chi connectivity index (χ1n) is 2.84. The van der Waals surface area contributed by atoms with Gasteiger partial charge >= 0.3 is 0 Å². The van der Waals surface area contributed by atoms with E-state index in [0.29, 0.717) is 10.7 Å². The third-order valence-electron chi connectivity index (χ3n) is 1.07. The maximum atomic E-state index is 10.8. The Morgan fingerprint density at radius 1 is 1.73 bits per heavy atom. The molecule has 0 bridgehead atoms. The molecule has 0 atom stereocenters. The molecule has 1 heterocycles. The zero-order valence-corrected chi connectivity index (χ0v) is 7.58. The van der Waals surface area contributed by atoms with Crippen molar-refractivity contribution in [3.05, 3.63) is 10.4 Å². The first-order chi connectivity index (χ1) is 4.99. The molecule has 0 aliphatic rings. The van der Waals surface area contributed by atoms with Crippen LogP contribution in [0.5, 0.6) is 0 Å². The minimum atomic E-state index is -2.98. The van der Waals surface area contributed by atoms with Gasteiger partial charge in [0.1, 0.15) is 5.82 Å². The van der Waals surface area contributed by atoms with E-state index in [0.717, 1.165) is 0 Å². The number of rotatable bonds is 2. The summed E-state index contributed by atoms with van der Waals surface area (Å²) in [6, 6.07) is 0. The lowest BCUT2D eigenvalue weighted by atomic mass is 10.6. The van der Waals surface area contributed by atoms with Crippen LogP contribution >= 0.6 is 11.3 Å². The molecule has 11 heavy (non-hydrogen) atoms. The van der Waals surface area contributed by atoms with Crippen molar-refractivity contribution in [2.75, 3.05) is 12.0 Å². The summed E-state index contributed by atoms with van der Waals surface area (Å²) in [7, 11) is -2.98. The van der Waals surface area contributed by atoms with Crippen LogP contribution in [-0.2, 0) is 15.6 Å². The molecule has 0 saturated carbocycles. The standard InChI is InChI=1S/C5H8N2O2S2/c1-11(8,9)2-4-5(6)7-3-10-4/h3H,2,6H2,1H3. The molecule has 0 unspecified atom stereocenters. The summed E-state index contributed by atoms with van der Waals surface area (Å²) in [4.78, 5) is 4.35. The lowest BCUT2D eigenvalue weighted by Gasteiger charge is -1.93. The molecule has 0 amide bonds. The monoisotopic (exact) mass is 192 g/mol. The average Bonchev–Trinajstić information content (AvgIpc) is 2.12. The van der Waals surface area contributed by atoms with E-state index in [2.05, 4.69) is 4.98 Å². The van der Waals surface area contributed by atoms with Gasteiger partial charge in [-0.15, -0.1) is 11.3 Å². The van der Waals surface area contributed by atoms with Gasteiger partial charge in [0.05, 0.1) is 16.1 Å². The van der Waals surface area contributed by atoms with Crippen LogP contribution in [-0.4, -0.2) is 19.7 Å². The van der Waals surface area contributed by atoms with Gasteiger partial charge in [-0.05, 0) is 0 Å². The number of thiazole rings is 1. The van der Waals surface area contributed by atoms with Gasteiger partial charge in [-0.1, -0.05) is 0 Å². The number of hydrogen-bond donors (Lipinski definition) is 1. The Morgan fingerprint density at radius 2 is 2.36 bits per heavy atom. The van der Waals surface area contributed by atoms with Crippen LogP contribution in [0.1, 0.15) is 4.88 Å². The SMILES string of the molecule is CS(=O)(=O)Cc1scnc1N. The Morgan fingerprint density at radius 3 is 2.73 bits per heavy atom. The fraction of sp³-hybridized carbons (Fsp3) is 0.400. The zero-order chi connectivity index (χ0) is 8.48. The third kappa shape index (κ3) is 2.47. The summed E-state index contributed by atoms with van der Waals surface area (Å²) in [6.07, 6.45) is 1.17. The minimum absolute atomic E-state index is 0.0104. The van der Waals surface area contributed by atoms with Crippen LogP contribution in [0.3, 0.4) is 0 Å². The van der Waals surface area contributed by atoms with Gasteiger partial charge in [0.15, 0.2) is 9.84 Å². The molecule has 0 aromatic carbocycles. The summed E-state index contributed by atoms with van der Waals surface area (Å²) in [5, 5.41) is 0. The van der Waals surface area contributed by atoms with E-state index in [4.69, 9.17) is 5.73 Å². The molecule has 0 aliphatic carbocycles. The van der Waals surface area contributed by atoms with Gasteiger partial charge in [0, 0.05) is 6.26 Å². The number of aromatic nitrogens is 1. The second-order valence-corrected chi connectivity index (χ2v) is 5.31. The zero-order valence-electron chi connectivity index (χ0n) is 5.94. The van der Waals surface area contributed by atoms with E-state index in [1.54, 1.807) is 0 Å². The number of nitrogens with zero attached hydrogens (tertiary/aromatic N) is 1. The Bertz CT molecular complexity index is 341. The normalized spacial score (nSPS) is 11.7. The summed E-state index contributed by atoms with van der Waals surface area (Å²) >= 11 is 1.26. The van der Waals surface area contributed by atoms with E-state index in [1.807, 2.05) is 0 Å². The van der Waals surface area contributed by atoms with Crippen LogP contribution in [0.25, 0.3) is 0 Å². The Balaban J connectivity index is 2.89. The molecule has 1 rings (SSSR count). The number of anilines is 1. The van der Waals surface area contributed by atoms with Gasteiger partial charge in [-0.25, -0.2) is 13.4 Å². The van der Waals surface area contributed by atoms with Crippen molar-refractivity contribution < 1.29 is 8.42 Å². The molecule has 2 N–H and O–H groups in total. The van der Waals surface area contributed by atoms with E-state index < -0.39 is 9.84 Å². The van der Waals surface area contributed by atoms with E-state index in [9.17, 15) is 8.42 Å². The second kappa shape index (κ2) is 2.78. The second-order valence-electron chi connectivity index (χ2n) is 2.23. The fourth-order valence-electron chi connectivity index (χ4n) is 0.625. The van der Waals surface area contributed by atoms with Gasteiger partial charge in [0.25, 0.3) is 0 Å². The first-order valence-corrected chi connectivity index (χ1v) is 5.78. The lowest BCUT2D eigenvalue weighted by Crippen LogP contribution is -2.01. The van der Waals surface area contributed by atoms with Crippen molar-refractivity contribution >= 4 is 27.0 Å². The predicted molar refractivity (Wildman–Crippen MR) is 45.1 cm³/mol. The molecule has 4 nitrogen and oxygen atoms in total. The number of sulfone groups is 1. The third-order valence-corrected chi connectivity index (χ3v) is 2.91. The quantitative estimate of drug-likeness (QED) is 0.730. The van der Waals surface area contributed by atoms with Gasteiger partial charge in [-0.3, -0.25) is 0 Å². The summed E-state index contributed by atoms with van der Waals surface area (Å²) < 4.78 is 21.5. The molecule has 1 aromatic heterocycles. The molecule has 0 spiro atoms. The van der Waals surface area contributed by atoms with Crippen molar-refractivity contribution in [2.24, 2.45) is 0 Å². The fourth-order valence-corrected chi connectivity index (χ4v) is 2.63. The van der Waals surface area contributed by atoms with Gasteiger partial charge in [0.2, 0.25) is 0 Å². The molecule has 1 aromatic rings. The molecule has 0 fully saturated rings. The largest absolute Gasteiger partial charge is 0.383 e. The Hall–Kier alpha value is -0.620. The highest BCUT2D eigenvalue weighted by Gasteiger charge is 2.09. The maximum Gasteiger partial charge on any atom is 0.152 e. The Labute approximate surface area is 69.0 Å². The van der Waals surface area contributed by atoms with E-state index in [1.165, 1.54) is 23.1 Å². The maximum absolute atomic E-state index is 10.8. The average molecular weight is 192 g/mol. The minimum Gasteiger partial charge on any atom is -0.383 e. The van der Waals surface area contributed by atoms with Crippen LogP contribution in [0, 0.1) is 0 Å². The lowest BCUT2D eigenvalue weighted by molar-refractivity contribution is 0.601. The molecule has 0 saturated heterocycles. The molecule has 0 aliphatic heterocycles. The van der Waals surface area contributed by atoms with Crippen molar-refractivity contribution in [1.82, 2.24) is 4.98 Å². The van der Waals surface area contributed by atoms with Gasteiger partial charge < -0.3 is 5.73 Å². The molecular weight excluding hydrogens is 184 g/mol. The molecule has 0 radical (unpaired) electrons.